The first-order valence-electron chi connectivity index (χ1n) is 4.05. The summed E-state index contributed by atoms with van der Waals surface area (Å²) >= 11 is 8.52. The van der Waals surface area contributed by atoms with Crippen molar-refractivity contribution in [2.45, 2.75) is 6.42 Å². The first kappa shape index (κ1) is 12.1. The summed E-state index contributed by atoms with van der Waals surface area (Å²) in [7, 11) is 0. The molecule has 0 bridgehead atoms. The summed E-state index contributed by atoms with van der Waals surface area (Å²) in [6.45, 7) is 0. The predicted molar refractivity (Wildman–Crippen MR) is 60.2 cm³/mol. The normalized spacial score (nSPS) is 10.0. The monoisotopic (exact) mass is 291 g/mol. The van der Waals surface area contributed by atoms with Crippen LogP contribution in [0.5, 0.6) is 0 Å². The molecule has 0 radical (unpaired) electrons. The van der Waals surface area contributed by atoms with Crippen LogP contribution < -0.4 is 0 Å². The van der Waals surface area contributed by atoms with Gasteiger partial charge in [-0.1, -0.05) is 22.0 Å². The van der Waals surface area contributed by atoms with Crippen LogP contribution in [0.3, 0.4) is 0 Å². The van der Waals surface area contributed by atoms with Crippen molar-refractivity contribution < 1.29 is 9.72 Å². The van der Waals surface area contributed by atoms with Gasteiger partial charge in [0.2, 0.25) is 0 Å². The Morgan fingerprint density at radius 2 is 2.20 bits per heavy atom. The number of nitro benzene ring substituents is 1. The van der Waals surface area contributed by atoms with E-state index in [4.69, 9.17) is 11.6 Å². The topological polar surface area (TPSA) is 60.2 Å². The number of ketones is 1. The van der Waals surface area contributed by atoms with Gasteiger partial charge in [-0.2, -0.15) is 0 Å². The Hall–Kier alpha value is -0.940. The van der Waals surface area contributed by atoms with Gasteiger partial charge >= 0.3 is 0 Å². The van der Waals surface area contributed by atoms with Crippen LogP contribution in [-0.4, -0.2) is 16.6 Å². The minimum Gasteiger partial charge on any atom is -0.298 e. The molecule has 1 aromatic carbocycles. The fraction of sp³-hybridized carbons (Fsp3) is 0.222. The van der Waals surface area contributed by atoms with Crippen molar-refractivity contribution in [3.63, 3.8) is 0 Å². The van der Waals surface area contributed by atoms with Crippen LogP contribution in [0.4, 0.5) is 5.69 Å². The first-order chi connectivity index (χ1) is 7.06. The van der Waals surface area contributed by atoms with Gasteiger partial charge in [-0.3, -0.25) is 14.9 Å². The Balaban J connectivity index is 3.13. The van der Waals surface area contributed by atoms with Gasteiger partial charge in [-0.15, -0.1) is 11.6 Å². The highest BCUT2D eigenvalue weighted by atomic mass is 79.9. The van der Waals surface area contributed by atoms with E-state index >= 15 is 0 Å². The van der Waals surface area contributed by atoms with Crippen molar-refractivity contribution in [1.29, 1.82) is 0 Å². The Morgan fingerprint density at radius 1 is 1.53 bits per heavy atom. The molecular formula is C9H7BrClNO3. The lowest BCUT2D eigenvalue weighted by molar-refractivity contribution is -0.385. The molecule has 1 aromatic rings. The van der Waals surface area contributed by atoms with Crippen LogP contribution in [0.1, 0.15) is 5.56 Å². The summed E-state index contributed by atoms with van der Waals surface area (Å²) in [6, 6.07) is 4.57. The van der Waals surface area contributed by atoms with Crippen molar-refractivity contribution in [3.8, 4) is 0 Å². The molecule has 0 amide bonds. The van der Waals surface area contributed by atoms with Gasteiger partial charge in [-0.05, 0) is 6.07 Å². The molecule has 15 heavy (non-hydrogen) atoms. The lowest BCUT2D eigenvalue weighted by atomic mass is 10.1. The van der Waals surface area contributed by atoms with E-state index in [0.29, 0.717) is 10.0 Å². The van der Waals surface area contributed by atoms with E-state index in [-0.39, 0.29) is 23.8 Å². The van der Waals surface area contributed by atoms with Gasteiger partial charge in [0.1, 0.15) is 0 Å². The smallest absolute Gasteiger partial charge is 0.274 e. The second-order valence-corrected chi connectivity index (χ2v) is 3.97. The van der Waals surface area contributed by atoms with E-state index in [1.54, 1.807) is 12.1 Å². The molecule has 0 fully saturated rings. The maximum Gasteiger partial charge on any atom is 0.274 e. The van der Waals surface area contributed by atoms with Gasteiger partial charge in [0.05, 0.1) is 16.4 Å². The van der Waals surface area contributed by atoms with Crippen molar-refractivity contribution in [2.24, 2.45) is 0 Å². The molecule has 0 spiro atoms. The van der Waals surface area contributed by atoms with E-state index in [2.05, 4.69) is 15.9 Å². The number of nitrogens with zero attached hydrogens (tertiary/aromatic N) is 1. The van der Waals surface area contributed by atoms with Crippen LogP contribution in [0.25, 0.3) is 0 Å². The third-order valence-electron chi connectivity index (χ3n) is 1.81. The molecular weight excluding hydrogens is 285 g/mol. The maximum absolute atomic E-state index is 11.1. The number of benzene rings is 1. The summed E-state index contributed by atoms with van der Waals surface area (Å²) in [5.74, 6) is -0.384. The fourth-order valence-electron chi connectivity index (χ4n) is 1.14. The van der Waals surface area contributed by atoms with Crippen molar-refractivity contribution in [3.05, 3.63) is 38.3 Å². The third kappa shape index (κ3) is 3.00. The van der Waals surface area contributed by atoms with Gasteiger partial charge < -0.3 is 0 Å². The summed E-state index contributed by atoms with van der Waals surface area (Å²) < 4.78 is 0.551. The molecule has 6 heteroatoms. The maximum atomic E-state index is 11.1. The molecule has 0 aromatic heterocycles. The highest BCUT2D eigenvalue weighted by Crippen LogP contribution is 2.27. The number of carbonyl (C=O) groups excluding carboxylic acids is 1. The van der Waals surface area contributed by atoms with Crippen molar-refractivity contribution >= 4 is 39.0 Å². The summed E-state index contributed by atoms with van der Waals surface area (Å²) in [5, 5.41) is 10.7. The molecule has 0 unspecified atom stereocenters. The number of halogens is 2. The zero-order valence-electron chi connectivity index (χ0n) is 7.57. The van der Waals surface area contributed by atoms with Gasteiger partial charge in [0.25, 0.3) is 5.69 Å². The van der Waals surface area contributed by atoms with E-state index in [9.17, 15) is 14.9 Å². The summed E-state index contributed by atoms with van der Waals surface area (Å²) in [6.07, 6.45) is -0.0266. The molecule has 80 valence electrons. The van der Waals surface area contributed by atoms with E-state index in [1.165, 1.54) is 6.07 Å². The van der Waals surface area contributed by atoms with Gasteiger partial charge in [-0.25, -0.2) is 0 Å². The second kappa shape index (κ2) is 5.23. The number of nitro groups is 1. The third-order valence-corrected chi connectivity index (χ3v) is 2.85. The molecule has 0 N–H and O–H groups in total. The lowest BCUT2D eigenvalue weighted by Crippen LogP contribution is -2.07. The summed E-state index contributed by atoms with van der Waals surface area (Å²) in [4.78, 5) is 21.3. The first-order valence-corrected chi connectivity index (χ1v) is 5.38. The number of hydrogen-bond donors (Lipinski definition) is 0. The Labute approximate surface area is 99.5 Å². The quantitative estimate of drug-likeness (QED) is 0.487. The largest absolute Gasteiger partial charge is 0.298 e. The number of carbonyl (C=O) groups is 1. The molecule has 0 aliphatic heterocycles. The average molecular weight is 293 g/mol. The molecule has 0 saturated carbocycles. The number of Topliss-reactive ketones (excluding diaryl/α,β-unsaturated/α-hetero) is 1. The molecule has 0 heterocycles. The zero-order chi connectivity index (χ0) is 11.4. The molecule has 0 aliphatic carbocycles. The Bertz CT molecular complexity index is 408. The van der Waals surface area contributed by atoms with Crippen LogP contribution in [0.15, 0.2) is 22.7 Å². The summed E-state index contributed by atoms with van der Waals surface area (Å²) in [5.41, 5.74) is 0.302. The molecule has 0 saturated heterocycles. The van der Waals surface area contributed by atoms with Crippen molar-refractivity contribution in [2.75, 3.05) is 5.88 Å². The number of hydrogen-bond acceptors (Lipinski definition) is 3. The van der Waals surface area contributed by atoms with Gasteiger partial charge in [0.15, 0.2) is 5.78 Å². The number of rotatable bonds is 4. The predicted octanol–water partition coefficient (Wildman–Crippen LogP) is 2.71. The highest BCUT2D eigenvalue weighted by Gasteiger charge is 2.18. The SMILES string of the molecule is O=C(CCl)Cc1c(Br)cccc1[N+](=O)[O-]. The fourth-order valence-corrected chi connectivity index (χ4v) is 1.73. The zero-order valence-corrected chi connectivity index (χ0v) is 9.92. The molecule has 1 rings (SSSR count). The van der Waals surface area contributed by atoms with Gasteiger partial charge in [0, 0.05) is 17.0 Å². The lowest BCUT2D eigenvalue weighted by Gasteiger charge is -2.03. The Morgan fingerprint density at radius 3 is 2.73 bits per heavy atom. The minimum absolute atomic E-state index is 0.0266. The second-order valence-electron chi connectivity index (χ2n) is 2.84. The average Bonchev–Trinajstić information content (AvgIpc) is 2.20. The van der Waals surface area contributed by atoms with Crippen LogP contribution in [0, 0.1) is 10.1 Å². The molecule has 0 atom stereocenters. The molecule has 0 aliphatic rings. The Kier molecular flexibility index (Phi) is 4.23. The standard InChI is InChI=1S/C9H7BrClNO3/c10-8-2-1-3-9(12(14)15)7(8)4-6(13)5-11/h1-3H,4-5H2. The highest BCUT2D eigenvalue weighted by molar-refractivity contribution is 9.10. The van der Waals surface area contributed by atoms with Crippen LogP contribution in [-0.2, 0) is 11.2 Å². The van der Waals surface area contributed by atoms with Crippen molar-refractivity contribution in [1.82, 2.24) is 0 Å². The van der Waals surface area contributed by atoms with Crippen LogP contribution in [0.2, 0.25) is 0 Å². The minimum atomic E-state index is -0.512. The molecule has 4 nitrogen and oxygen atoms in total. The van der Waals surface area contributed by atoms with E-state index in [0.717, 1.165) is 0 Å². The van der Waals surface area contributed by atoms with E-state index < -0.39 is 4.92 Å². The van der Waals surface area contributed by atoms with Crippen LogP contribution >= 0.6 is 27.5 Å². The number of alkyl halides is 1. The van der Waals surface area contributed by atoms with E-state index in [1.807, 2.05) is 0 Å².